The predicted molar refractivity (Wildman–Crippen MR) is 78.1 cm³/mol. The van der Waals surface area contributed by atoms with E-state index in [1.54, 1.807) is 17.7 Å². The molecule has 3 heterocycles. The van der Waals surface area contributed by atoms with Gasteiger partial charge in [-0.15, -0.1) is 11.3 Å². The first kappa shape index (κ1) is 11.6. The number of aromatic amines is 1. The molecular formula is C12H13N7S. The number of fused-ring (bicyclic) bond motifs is 2. The normalized spacial score (nSPS) is 14.4. The van der Waals surface area contributed by atoms with Crippen molar-refractivity contribution in [3.63, 3.8) is 0 Å². The quantitative estimate of drug-likeness (QED) is 0.666. The number of rotatable bonds is 2. The largest absolute Gasteiger partial charge is 0.368 e. The molecule has 0 aliphatic heterocycles. The van der Waals surface area contributed by atoms with Crippen LogP contribution in [0.3, 0.4) is 0 Å². The second-order valence-corrected chi connectivity index (χ2v) is 5.84. The second-order valence-electron chi connectivity index (χ2n) is 4.75. The van der Waals surface area contributed by atoms with E-state index in [4.69, 9.17) is 5.73 Å². The van der Waals surface area contributed by atoms with Gasteiger partial charge in [0.2, 0.25) is 5.95 Å². The van der Waals surface area contributed by atoms with E-state index >= 15 is 0 Å². The van der Waals surface area contributed by atoms with E-state index in [2.05, 4.69) is 30.2 Å². The zero-order valence-corrected chi connectivity index (χ0v) is 11.5. The Hall–Kier alpha value is -2.22. The Morgan fingerprint density at radius 1 is 1.20 bits per heavy atom. The zero-order valence-electron chi connectivity index (χ0n) is 10.7. The van der Waals surface area contributed by atoms with Crippen LogP contribution in [0.25, 0.3) is 11.2 Å². The molecule has 1 aliphatic carbocycles. The lowest BCUT2D eigenvalue weighted by Crippen LogP contribution is -2.01. The van der Waals surface area contributed by atoms with Gasteiger partial charge >= 0.3 is 0 Å². The first-order valence-corrected chi connectivity index (χ1v) is 7.33. The summed E-state index contributed by atoms with van der Waals surface area (Å²) in [5.41, 5.74) is 8.22. The molecule has 1 aliphatic rings. The summed E-state index contributed by atoms with van der Waals surface area (Å²) in [5.74, 6) is 0.824. The summed E-state index contributed by atoms with van der Waals surface area (Å²) < 4.78 is 0. The van der Waals surface area contributed by atoms with Crippen molar-refractivity contribution in [2.24, 2.45) is 0 Å². The SMILES string of the molecule is Nc1nc(Nc2nc3c(s2)CCCC3)c2[nH]cnc2n1. The van der Waals surface area contributed by atoms with E-state index in [9.17, 15) is 0 Å². The van der Waals surface area contributed by atoms with Gasteiger partial charge in [-0.25, -0.2) is 9.97 Å². The lowest BCUT2D eigenvalue weighted by atomic mass is 10.0. The molecule has 0 atom stereocenters. The molecule has 0 bridgehead atoms. The van der Waals surface area contributed by atoms with Gasteiger partial charge in [0.05, 0.1) is 12.0 Å². The number of thiazole rings is 1. The number of aromatic nitrogens is 5. The summed E-state index contributed by atoms with van der Waals surface area (Å²) in [4.78, 5) is 21.4. The van der Waals surface area contributed by atoms with Crippen LogP contribution >= 0.6 is 11.3 Å². The van der Waals surface area contributed by atoms with E-state index in [-0.39, 0.29) is 5.95 Å². The number of hydrogen-bond donors (Lipinski definition) is 3. The summed E-state index contributed by atoms with van der Waals surface area (Å²) >= 11 is 1.69. The van der Waals surface area contributed by atoms with E-state index in [1.807, 2.05) is 0 Å². The third-order valence-corrected chi connectivity index (χ3v) is 4.45. The maximum Gasteiger partial charge on any atom is 0.224 e. The molecule has 8 heteroatoms. The lowest BCUT2D eigenvalue weighted by molar-refractivity contribution is 0.683. The Bertz CT molecular complexity index is 752. The standard InChI is InChI=1S/C12H13N7S/c13-11-17-9-8(14-5-15-9)10(18-11)19-12-16-6-3-1-2-4-7(6)20-12/h5H,1-4H2,(H4,13,14,15,16,17,18,19). The van der Waals surface area contributed by atoms with Crippen LogP contribution in [-0.2, 0) is 12.8 Å². The summed E-state index contributed by atoms with van der Waals surface area (Å²) in [6, 6.07) is 0. The summed E-state index contributed by atoms with van der Waals surface area (Å²) in [7, 11) is 0. The van der Waals surface area contributed by atoms with Gasteiger partial charge < -0.3 is 16.0 Å². The number of anilines is 3. The van der Waals surface area contributed by atoms with Gasteiger partial charge in [-0.05, 0) is 25.7 Å². The number of nitrogen functional groups attached to an aromatic ring is 1. The summed E-state index contributed by atoms with van der Waals surface area (Å²) in [6.45, 7) is 0. The second kappa shape index (κ2) is 4.41. The molecule has 0 fully saturated rings. The Balaban J connectivity index is 1.73. The molecule has 20 heavy (non-hydrogen) atoms. The van der Waals surface area contributed by atoms with Crippen molar-refractivity contribution in [1.82, 2.24) is 24.9 Å². The maximum absolute atomic E-state index is 5.70. The lowest BCUT2D eigenvalue weighted by Gasteiger charge is -2.06. The summed E-state index contributed by atoms with van der Waals surface area (Å²) in [6.07, 6.45) is 6.25. The van der Waals surface area contributed by atoms with Crippen LogP contribution in [0.2, 0.25) is 0 Å². The Morgan fingerprint density at radius 3 is 3.00 bits per heavy atom. The van der Waals surface area contributed by atoms with Crippen LogP contribution in [0.1, 0.15) is 23.4 Å². The van der Waals surface area contributed by atoms with Crippen LogP contribution in [0.4, 0.5) is 16.9 Å². The molecular weight excluding hydrogens is 274 g/mol. The number of H-pyrrole nitrogens is 1. The molecule has 3 aromatic heterocycles. The Kier molecular flexibility index (Phi) is 2.56. The maximum atomic E-state index is 5.70. The number of nitrogens with two attached hydrogens (primary N) is 1. The number of nitrogens with one attached hydrogen (secondary N) is 2. The van der Waals surface area contributed by atoms with Crippen LogP contribution in [0, 0.1) is 0 Å². The van der Waals surface area contributed by atoms with Crippen molar-refractivity contribution < 1.29 is 0 Å². The van der Waals surface area contributed by atoms with Crippen LogP contribution in [-0.4, -0.2) is 24.9 Å². The molecule has 0 aromatic carbocycles. The monoisotopic (exact) mass is 287 g/mol. The highest BCUT2D eigenvalue weighted by Gasteiger charge is 2.16. The van der Waals surface area contributed by atoms with Crippen LogP contribution in [0.5, 0.6) is 0 Å². The molecule has 4 N–H and O–H groups in total. The fourth-order valence-electron chi connectivity index (χ4n) is 2.45. The van der Waals surface area contributed by atoms with Gasteiger partial charge in [0.25, 0.3) is 0 Å². The highest BCUT2D eigenvalue weighted by atomic mass is 32.1. The van der Waals surface area contributed by atoms with E-state index in [0.717, 1.165) is 23.5 Å². The molecule has 7 nitrogen and oxygen atoms in total. The Morgan fingerprint density at radius 2 is 2.10 bits per heavy atom. The zero-order chi connectivity index (χ0) is 13.5. The van der Waals surface area contributed by atoms with Crippen molar-refractivity contribution in [3.8, 4) is 0 Å². The average Bonchev–Trinajstić information content (AvgIpc) is 3.03. The van der Waals surface area contributed by atoms with Crippen molar-refractivity contribution in [2.45, 2.75) is 25.7 Å². The van der Waals surface area contributed by atoms with Gasteiger partial charge in [0.1, 0.15) is 5.52 Å². The molecule has 0 spiro atoms. The smallest absolute Gasteiger partial charge is 0.224 e. The van der Waals surface area contributed by atoms with E-state index in [1.165, 1.54) is 23.4 Å². The van der Waals surface area contributed by atoms with E-state index in [0.29, 0.717) is 11.5 Å². The van der Waals surface area contributed by atoms with Gasteiger partial charge in [-0.3, -0.25) is 0 Å². The molecule has 102 valence electrons. The van der Waals surface area contributed by atoms with E-state index < -0.39 is 0 Å². The summed E-state index contributed by atoms with van der Waals surface area (Å²) in [5, 5.41) is 4.09. The van der Waals surface area contributed by atoms with Gasteiger partial charge in [-0.1, -0.05) is 0 Å². The van der Waals surface area contributed by atoms with Crippen molar-refractivity contribution in [1.29, 1.82) is 0 Å². The molecule has 0 radical (unpaired) electrons. The molecule has 0 amide bonds. The van der Waals surface area contributed by atoms with Crippen molar-refractivity contribution >= 4 is 39.4 Å². The minimum absolute atomic E-state index is 0.202. The molecule has 0 saturated heterocycles. The minimum Gasteiger partial charge on any atom is -0.368 e. The van der Waals surface area contributed by atoms with Gasteiger partial charge in [0.15, 0.2) is 16.6 Å². The third-order valence-electron chi connectivity index (χ3n) is 3.37. The molecule has 0 saturated carbocycles. The predicted octanol–water partition coefficient (Wildman–Crippen LogP) is 2.01. The van der Waals surface area contributed by atoms with Crippen molar-refractivity contribution in [2.75, 3.05) is 11.1 Å². The minimum atomic E-state index is 0.202. The molecule has 0 unspecified atom stereocenters. The van der Waals surface area contributed by atoms with Gasteiger partial charge in [-0.2, -0.15) is 9.97 Å². The highest BCUT2D eigenvalue weighted by molar-refractivity contribution is 7.15. The third kappa shape index (κ3) is 1.88. The topological polar surface area (TPSA) is 105 Å². The first-order valence-electron chi connectivity index (χ1n) is 6.52. The Labute approximate surface area is 118 Å². The number of hydrogen-bond acceptors (Lipinski definition) is 7. The van der Waals surface area contributed by atoms with Crippen LogP contribution < -0.4 is 11.1 Å². The first-order chi connectivity index (χ1) is 9.79. The molecule has 3 aromatic rings. The van der Waals surface area contributed by atoms with Crippen LogP contribution in [0.15, 0.2) is 6.33 Å². The highest BCUT2D eigenvalue weighted by Crippen LogP contribution is 2.32. The number of aryl methyl sites for hydroxylation is 2. The number of nitrogens with zero attached hydrogens (tertiary/aromatic N) is 4. The fourth-order valence-corrected chi connectivity index (χ4v) is 3.50. The number of imidazole rings is 1. The van der Waals surface area contributed by atoms with Crippen molar-refractivity contribution in [3.05, 3.63) is 16.9 Å². The average molecular weight is 287 g/mol. The fraction of sp³-hybridized carbons (Fsp3) is 0.333. The van der Waals surface area contributed by atoms with Gasteiger partial charge in [0, 0.05) is 4.88 Å². The molecule has 4 rings (SSSR count).